The maximum absolute atomic E-state index is 12.2. The molecule has 1 heterocycles. The minimum Gasteiger partial charge on any atom is -0.431 e. The van der Waals surface area contributed by atoms with Gasteiger partial charge in [0.25, 0.3) is 0 Å². The van der Waals surface area contributed by atoms with Crippen molar-refractivity contribution < 1.29 is 9.52 Å². The Kier molecular flexibility index (Phi) is 5.53. The highest BCUT2D eigenvalue weighted by Crippen LogP contribution is 2.72. The Labute approximate surface area is 182 Å². The summed E-state index contributed by atoms with van der Waals surface area (Å²) in [4.78, 5) is 11.4. The van der Waals surface area contributed by atoms with Gasteiger partial charge in [0.05, 0.1) is 11.9 Å². The van der Waals surface area contributed by atoms with Crippen LogP contribution >= 0.6 is 0 Å². The Bertz CT molecular complexity index is 809. The van der Waals surface area contributed by atoms with E-state index in [0.717, 1.165) is 24.8 Å². The molecule has 1 N–H and O–H groups in total. The molecule has 7 unspecified atom stereocenters. The van der Waals surface area contributed by atoms with Gasteiger partial charge < -0.3 is 9.52 Å². The third kappa shape index (κ3) is 2.83. The molecule has 4 saturated carbocycles. The Morgan fingerprint density at radius 3 is 2.27 bits per heavy atom. The molecule has 5 rings (SSSR count). The van der Waals surface area contributed by atoms with Crippen LogP contribution in [0, 0.1) is 28.1 Å². The topological polar surface area (TPSA) is 50.4 Å². The first-order valence-electron chi connectivity index (χ1n) is 12.5. The number of hydrogen-bond acceptors (Lipinski definition) is 3. The van der Waals surface area contributed by atoms with Gasteiger partial charge in [-0.1, -0.05) is 47.5 Å². The van der Waals surface area contributed by atoms with Crippen LogP contribution in [-0.2, 0) is 0 Å². The van der Waals surface area contributed by atoms with E-state index >= 15 is 0 Å². The highest BCUT2D eigenvalue weighted by molar-refractivity contribution is 5.27. The second kappa shape index (κ2) is 7.50. The lowest BCUT2D eigenvalue weighted by atomic mass is 9.39. The largest absolute Gasteiger partial charge is 0.431 e. The van der Waals surface area contributed by atoms with Crippen LogP contribution in [0.1, 0.15) is 110 Å². The van der Waals surface area contributed by atoms with Gasteiger partial charge in [-0.3, -0.25) is 0 Å². The van der Waals surface area contributed by atoms with E-state index < -0.39 is 5.60 Å². The molecule has 0 spiro atoms. The lowest BCUT2D eigenvalue weighted by Gasteiger charge is -2.66. The van der Waals surface area contributed by atoms with E-state index in [1.165, 1.54) is 51.0 Å². The Balaban J connectivity index is 0.00000106. The smallest absolute Gasteiger partial charge is 0.335 e. The Hall–Kier alpha value is -1.09. The zero-order chi connectivity index (χ0) is 21.8. The predicted molar refractivity (Wildman–Crippen MR) is 121 cm³/mol. The van der Waals surface area contributed by atoms with E-state index in [1.54, 1.807) is 6.26 Å². The Morgan fingerprint density at radius 1 is 0.867 bits per heavy atom. The summed E-state index contributed by atoms with van der Waals surface area (Å²) in [6.07, 6.45) is 13.8. The fourth-order valence-corrected chi connectivity index (χ4v) is 8.68. The lowest BCUT2D eigenvalue weighted by Crippen LogP contribution is -2.63. The van der Waals surface area contributed by atoms with Gasteiger partial charge >= 0.3 is 5.63 Å². The SMILES string of the molecule is CC.CC12CCCCC1(C)C1CCC3(C)C(c4ccc(=O)oc4)CCC3(O)C1CC2. The maximum Gasteiger partial charge on any atom is 0.335 e. The molecule has 30 heavy (non-hydrogen) atoms. The molecule has 0 aromatic carbocycles. The number of fused-ring (bicyclic) bond motifs is 5. The summed E-state index contributed by atoms with van der Waals surface area (Å²) < 4.78 is 5.20. The molecule has 3 heteroatoms. The van der Waals surface area contributed by atoms with Crippen LogP contribution < -0.4 is 5.63 Å². The summed E-state index contributed by atoms with van der Waals surface area (Å²) in [5.41, 5.74) is 0.939. The molecule has 0 radical (unpaired) electrons. The first-order valence-corrected chi connectivity index (χ1v) is 12.5. The lowest BCUT2D eigenvalue weighted by molar-refractivity contribution is -0.219. The first-order chi connectivity index (χ1) is 14.2. The van der Waals surface area contributed by atoms with Crippen LogP contribution in [0.3, 0.4) is 0 Å². The molecule has 168 valence electrons. The molecule has 0 amide bonds. The normalized spacial score (nSPS) is 47.3. The number of rotatable bonds is 1. The summed E-state index contributed by atoms with van der Waals surface area (Å²) in [5.74, 6) is 1.36. The summed E-state index contributed by atoms with van der Waals surface area (Å²) in [7, 11) is 0. The van der Waals surface area contributed by atoms with Gasteiger partial charge in [-0.15, -0.1) is 0 Å². The molecule has 4 aliphatic rings. The fraction of sp³-hybridized carbons (Fsp3) is 0.815. The Morgan fingerprint density at radius 2 is 1.57 bits per heavy atom. The van der Waals surface area contributed by atoms with E-state index in [2.05, 4.69) is 20.8 Å². The molecule has 1 aromatic heterocycles. The van der Waals surface area contributed by atoms with Crippen LogP contribution in [0.4, 0.5) is 0 Å². The van der Waals surface area contributed by atoms with Crippen LogP contribution in [0.5, 0.6) is 0 Å². The van der Waals surface area contributed by atoms with Crippen molar-refractivity contribution in [3.8, 4) is 0 Å². The second-order valence-electron chi connectivity index (χ2n) is 11.3. The van der Waals surface area contributed by atoms with Crippen LogP contribution in [-0.4, -0.2) is 10.7 Å². The molecule has 0 aliphatic heterocycles. The highest BCUT2D eigenvalue weighted by Gasteiger charge is 2.68. The van der Waals surface area contributed by atoms with Gasteiger partial charge in [-0.05, 0) is 91.6 Å². The molecule has 3 nitrogen and oxygen atoms in total. The summed E-state index contributed by atoms with van der Waals surface area (Å²) in [6.45, 7) is 11.4. The quantitative estimate of drug-likeness (QED) is 0.557. The van der Waals surface area contributed by atoms with Crippen molar-refractivity contribution >= 4 is 0 Å². The van der Waals surface area contributed by atoms with Gasteiger partial charge in [0.15, 0.2) is 0 Å². The van der Waals surface area contributed by atoms with Crippen molar-refractivity contribution in [2.45, 2.75) is 110 Å². The number of aliphatic hydroxyl groups is 1. The average molecular weight is 415 g/mol. The van der Waals surface area contributed by atoms with E-state index in [4.69, 9.17) is 4.42 Å². The van der Waals surface area contributed by atoms with Gasteiger partial charge in [0, 0.05) is 11.5 Å². The van der Waals surface area contributed by atoms with E-state index in [-0.39, 0.29) is 17.0 Å². The molecule has 7 atom stereocenters. The average Bonchev–Trinajstić information content (AvgIpc) is 3.02. The van der Waals surface area contributed by atoms with Crippen molar-refractivity contribution in [1.82, 2.24) is 0 Å². The predicted octanol–water partition coefficient (Wildman–Crippen LogP) is 6.69. The van der Waals surface area contributed by atoms with Gasteiger partial charge in [-0.2, -0.15) is 0 Å². The van der Waals surface area contributed by atoms with Crippen LogP contribution in [0.25, 0.3) is 0 Å². The van der Waals surface area contributed by atoms with Crippen LogP contribution in [0.15, 0.2) is 27.6 Å². The first kappa shape index (κ1) is 22.1. The monoisotopic (exact) mass is 414 g/mol. The molecular weight excluding hydrogens is 372 g/mol. The highest BCUT2D eigenvalue weighted by atomic mass is 16.4. The summed E-state index contributed by atoms with van der Waals surface area (Å²) in [5, 5.41) is 12.2. The van der Waals surface area contributed by atoms with Gasteiger partial charge in [-0.25, -0.2) is 4.79 Å². The van der Waals surface area contributed by atoms with E-state index in [0.29, 0.717) is 22.7 Å². The summed E-state index contributed by atoms with van der Waals surface area (Å²) >= 11 is 0. The summed E-state index contributed by atoms with van der Waals surface area (Å²) in [6, 6.07) is 3.47. The zero-order valence-corrected chi connectivity index (χ0v) is 19.8. The minimum absolute atomic E-state index is 0.118. The fourth-order valence-electron chi connectivity index (χ4n) is 8.68. The van der Waals surface area contributed by atoms with E-state index in [1.807, 2.05) is 19.9 Å². The molecule has 0 saturated heterocycles. The van der Waals surface area contributed by atoms with Crippen LogP contribution in [0.2, 0.25) is 0 Å². The molecule has 4 fully saturated rings. The molecule has 1 aromatic rings. The van der Waals surface area contributed by atoms with Gasteiger partial charge in [0.2, 0.25) is 0 Å². The van der Waals surface area contributed by atoms with Gasteiger partial charge in [0.1, 0.15) is 0 Å². The maximum atomic E-state index is 12.2. The number of hydrogen-bond donors (Lipinski definition) is 1. The van der Waals surface area contributed by atoms with Crippen molar-refractivity contribution in [1.29, 1.82) is 0 Å². The third-order valence-electron chi connectivity index (χ3n) is 10.7. The zero-order valence-electron chi connectivity index (χ0n) is 19.8. The standard InChI is InChI=1S/C25H36O3.C2H6/c1-22-11-4-5-12-23(22,2)19-9-14-24(3)18(17-6-7-21(26)28-16-17)10-15-25(24,27)20(19)8-13-22;1-2/h6-7,16,18-20,27H,4-5,8-15H2,1-3H3;1-2H3. The molecule has 4 aliphatic carbocycles. The van der Waals surface area contributed by atoms with Crippen molar-refractivity contribution in [3.05, 3.63) is 34.4 Å². The minimum atomic E-state index is -0.585. The van der Waals surface area contributed by atoms with Crippen molar-refractivity contribution in [2.75, 3.05) is 0 Å². The second-order valence-corrected chi connectivity index (χ2v) is 11.3. The molecule has 0 bridgehead atoms. The third-order valence-corrected chi connectivity index (χ3v) is 10.7. The van der Waals surface area contributed by atoms with E-state index in [9.17, 15) is 9.90 Å². The molecular formula is C27H42O3. The van der Waals surface area contributed by atoms with Crippen molar-refractivity contribution in [3.63, 3.8) is 0 Å². The van der Waals surface area contributed by atoms with Crippen molar-refractivity contribution in [2.24, 2.45) is 28.1 Å².